The van der Waals surface area contributed by atoms with E-state index in [4.69, 9.17) is 5.73 Å². The van der Waals surface area contributed by atoms with Crippen molar-refractivity contribution in [2.75, 3.05) is 11.1 Å². The second-order valence-corrected chi connectivity index (χ2v) is 6.40. The molecule has 0 aliphatic carbocycles. The Labute approximate surface area is 159 Å². The van der Waals surface area contributed by atoms with E-state index in [2.05, 4.69) is 25.7 Å². The van der Waals surface area contributed by atoms with E-state index >= 15 is 0 Å². The van der Waals surface area contributed by atoms with Crippen molar-refractivity contribution in [1.82, 2.24) is 25.1 Å². The molecule has 4 N–H and O–H groups in total. The minimum Gasteiger partial charge on any atom is -0.369 e. The van der Waals surface area contributed by atoms with Crippen LogP contribution in [0, 0.1) is 0 Å². The number of thioether (sulfide) groups is 1. The number of amides is 3. The van der Waals surface area contributed by atoms with E-state index in [1.807, 2.05) is 18.2 Å². The van der Waals surface area contributed by atoms with Gasteiger partial charge in [-0.15, -0.1) is 11.8 Å². The largest absolute Gasteiger partial charge is 0.369 e. The first-order valence-corrected chi connectivity index (χ1v) is 8.96. The summed E-state index contributed by atoms with van der Waals surface area (Å²) in [5, 5.41) is 9.63. The molecule has 0 aliphatic heterocycles. The number of carbonyl (C=O) groups is 2. The van der Waals surface area contributed by atoms with Crippen molar-refractivity contribution in [2.45, 2.75) is 11.4 Å². The normalized spacial score (nSPS) is 10.4. The predicted molar refractivity (Wildman–Crippen MR) is 101 cm³/mol. The van der Waals surface area contributed by atoms with E-state index in [-0.39, 0.29) is 18.3 Å². The highest BCUT2D eigenvalue weighted by Gasteiger charge is 2.10. The van der Waals surface area contributed by atoms with Crippen LogP contribution in [-0.2, 0) is 11.3 Å². The molecule has 0 unspecified atom stereocenters. The average Bonchev–Trinajstić information content (AvgIpc) is 3.20. The Hall–Kier alpha value is -3.40. The minimum atomic E-state index is -0.420. The van der Waals surface area contributed by atoms with Crippen LogP contribution in [0.15, 0.2) is 60.1 Å². The maximum atomic E-state index is 12.3. The molecule has 9 nitrogen and oxygen atoms in total. The Morgan fingerprint density at radius 2 is 2.04 bits per heavy atom. The van der Waals surface area contributed by atoms with Gasteiger partial charge in [0.1, 0.15) is 12.7 Å². The third-order valence-electron chi connectivity index (χ3n) is 3.45. The third-order valence-corrected chi connectivity index (χ3v) is 4.54. The standard InChI is InChI=1S/C17H17N7O2S/c18-15(25)9-27-14-6-2-1-5-13(14)23-17(26)21-8-12-4-3-7-20-16(12)24-11-19-10-22-24/h1-7,10-11H,8-9H2,(H2,18,25)(H2,21,23,26). The molecular formula is C17H17N7O2S. The van der Waals surface area contributed by atoms with Crippen LogP contribution < -0.4 is 16.4 Å². The Morgan fingerprint density at radius 3 is 2.81 bits per heavy atom. The molecule has 0 radical (unpaired) electrons. The quantitative estimate of drug-likeness (QED) is 0.531. The number of hydrogen-bond acceptors (Lipinski definition) is 6. The molecule has 0 saturated carbocycles. The highest BCUT2D eigenvalue weighted by molar-refractivity contribution is 8.00. The van der Waals surface area contributed by atoms with Crippen LogP contribution in [0.25, 0.3) is 5.82 Å². The number of primary amides is 1. The number of pyridine rings is 1. The van der Waals surface area contributed by atoms with Gasteiger partial charge in [0.15, 0.2) is 5.82 Å². The summed E-state index contributed by atoms with van der Waals surface area (Å²) in [6.45, 7) is 0.255. The lowest BCUT2D eigenvalue weighted by atomic mass is 10.2. The molecule has 0 bridgehead atoms. The summed E-state index contributed by atoms with van der Waals surface area (Å²) >= 11 is 1.27. The minimum absolute atomic E-state index is 0.136. The summed E-state index contributed by atoms with van der Waals surface area (Å²) in [7, 11) is 0. The fourth-order valence-electron chi connectivity index (χ4n) is 2.28. The van der Waals surface area contributed by atoms with Gasteiger partial charge in [0.2, 0.25) is 5.91 Å². The van der Waals surface area contributed by atoms with E-state index in [1.54, 1.807) is 24.4 Å². The molecule has 2 heterocycles. The highest BCUT2D eigenvalue weighted by Crippen LogP contribution is 2.26. The van der Waals surface area contributed by atoms with Crippen LogP contribution in [0.3, 0.4) is 0 Å². The topological polar surface area (TPSA) is 128 Å². The summed E-state index contributed by atoms with van der Waals surface area (Å²) in [6.07, 6.45) is 4.60. The fraction of sp³-hybridized carbons (Fsp3) is 0.118. The molecule has 0 saturated heterocycles. The van der Waals surface area contributed by atoms with Gasteiger partial charge in [-0.2, -0.15) is 5.10 Å². The van der Waals surface area contributed by atoms with E-state index in [0.29, 0.717) is 11.5 Å². The average molecular weight is 383 g/mol. The van der Waals surface area contributed by atoms with E-state index in [1.165, 1.54) is 29.1 Å². The summed E-state index contributed by atoms with van der Waals surface area (Å²) in [5.74, 6) is 0.307. The zero-order chi connectivity index (χ0) is 19.1. The number of nitrogens with zero attached hydrogens (tertiary/aromatic N) is 4. The molecule has 138 valence electrons. The molecule has 0 atom stereocenters. The van der Waals surface area contributed by atoms with Gasteiger partial charge >= 0.3 is 6.03 Å². The Balaban J connectivity index is 1.64. The van der Waals surface area contributed by atoms with Crippen LogP contribution >= 0.6 is 11.8 Å². The predicted octanol–water partition coefficient (Wildman–Crippen LogP) is 1.56. The molecule has 3 aromatic rings. The lowest BCUT2D eigenvalue weighted by Gasteiger charge is -2.12. The number of carbonyl (C=O) groups excluding carboxylic acids is 2. The molecule has 27 heavy (non-hydrogen) atoms. The maximum absolute atomic E-state index is 12.3. The number of nitrogens with one attached hydrogen (secondary N) is 2. The molecular weight excluding hydrogens is 366 g/mol. The van der Waals surface area contributed by atoms with Crippen molar-refractivity contribution >= 4 is 29.4 Å². The zero-order valence-electron chi connectivity index (χ0n) is 14.2. The first-order chi connectivity index (χ1) is 13.1. The number of aromatic nitrogens is 4. The number of hydrogen-bond donors (Lipinski definition) is 3. The Morgan fingerprint density at radius 1 is 1.19 bits per heavy atom. The molecule has 3 rings (SSSR count). The van der Waals surface area contributed by atoms with Gasteiger partial charge in [-0.3, -0.25) is 4.79 Å². The number of nitrogens with two attached hydrogens (primary N) is 1. The summed E-state index contributed by atoms with van der Waals surface area (Å²) < 4.78 is 1.53. The lowest BCUT2D eigenvalue weighted by Crippen LogP contribution is -2.29. The Bertz CT molecular complexity index is 931. The van der Waals surface area contributed by atoms with Gasteiger partial charge in [0, 0.05) is 23.2 Å². The van der Waals surface area contributed by atoms with E-state index in [9.17, 15) is 9.59 Å². The number of anilines is 1. The summed E-state index contributed by atoms with van der Waals surface area (Å²) in [4.78, 5) is 32.2. The van der Waals surface area contributed by atoms with Gasteiger partial charge < -0.3 is 16.4 Å². The monoisotopic (exact) mass is 383 g/mol. The van der Waals surface area contributed by atoms with E-state index in [0.717, 1.165) is 10.5 Å². The van der Waals surface area contributed by atoms with Crippen molar-refractivity contribution in [2.24, 2.45) is 5.73 Å². The second-order valence-electron chi connectivity index (χ2n) is 5.39. The highest BCUT2D eigenvalue weighted by atomic mass is 32.2. The Kier molecular flexibility index (Phi) is 6.00. The third kappa shape index (κ3) is 5.05. The van der Waals surface area contributed by atoms with Gasteiger partial charge in [-0.25, -0.2) is 19.4 Å². The first kappa shape index (κ1) is 18.4. The lowest BCUT2D eigenvalue weighted by molar-refractivity contribution is -0.115. The zero-order valence-corrected chi connectivity index (χ0v) is 15.0. The van der Waals surface area contributed by atoms with Crippen molar-refractivity contribution in [3.63, 3.8) is 0 Å². The smallest absolute Gasteiger partial charge is 0.319 e. The number of para-hydroxylation sites is 1. The van der Waals surface area contributed by atoms with Crippen molar-refractivity contribution < 1.29 is 9.59 Å². The number of benzene rings is 1. The summed E-state index contributed by atoms with van der Waals surface area (Å²) in [6, 6.07) is 10.4. The second kappa shape index (κ2) is 8.81. The van der Waals surface area contributed by atoms with Crippen molar-refractivity contribution in [3.8, 4) is 5.82 Å². The first-order valence-electron chi connectivity index (χ1n) is 7.97. The number of urea groups is 1. The number of rotatable bonds is 7. The van der Waals surface area contributed by atoms with Crippen LogP contribution in [0.2, 0.25) is 0 Å². The summed E-state index contributed by atoms with van der Waals surface area (Å²) in [5.41, 5.74) is 6.57. The van der Waals surface area contributed by atoms with Gasteiger partial charge in [0.05, 0.1) is 11.4 Å². The molecule has 3 amide bonds. The van der Waals surface area contributed by atoms with Crippen LogP contribution in [-0.4, -0.2) is 37.4 Å². The van der Waals surface area contributed by atoms with E-state index < -0.39 is 5.91 Å². The molecule has 2 aromatic heterocycles. The van der Waals surface area contributed by atoms with Gasteiger partial charge in [0.25, 0.3) is 0 Å². The van der Waals surface area contributed by atoms with Crippen molar-refractivity contribution in [3.05, 3.63) is 60.8 Å². The molecule has 0 aliphatic rings. The molecule has 0 spiro atoms. The SMILES string of the molecule is NC(=O)CSc1ccccc1NC(=O)NCc1cccnc1-n1cncn1. The van der Waals surface area contributed by atoms with Gasteiger partial charge in [-0.05, 0) is 18.2 Å². The molecule has 1 aromatic carbocycles. The molecule has 10 heteroatoms. The van der Waals surface area contributed by atoms with Crippen LogP contribution in [0.5, 0.6) is 0 Å². The fourth-order valence-corrected chi connectivity index (χ4v) is 3.03. The van der Waals surface area contributed by atoms with Gasteiger partial charge in [-0.1, -0.05) is 18.2 Å². The van der Waals surface area contributed by atoms with Crippen molar-refractivity contribution in [1.29, 1.82) is 0 Å². The maximum Gasteiger partial charge on any atom is 0.319 e. The van der Waals surface area contributed by atoms with Crippen LogP contribution in [0.4, 0.5) is 10.5 Å². The molecule has 0 fully saturated rings. The van der Waals surface area contributed by atoms with Crippen LogP contribution in [0.1, 0.15) is 5.56 Å².